The lowest BCUT2D eigenvalue weighted by molar-refractivity contribution is 0.139. The van der Waals surface area contributed by atoms with E-state index in [4.69, 9.17) is 0 Å². The number of halogens is 1. The molecule has 1 aromatic rings. The summed E-state index contributed by atoms with van der Waals surface area (Å²) in [4.78, 5) is 19.5. The largest absolute Gasteiger partial charge is 0.323 e. The number of carbonyl (C=O) groups is 1. The molecule has 3 rings (SSSR count). The monoisotopic (exact) mass is 369 g/mol. The molecule has 2 aliphatic rings. The van der Waals surface area contributed by atoms with Gasteiger partial charge in [0.25, 0.3) is 0 Å². The van der Waals surface area contributed by atoms with Gasteiger partial charge in [0.15, 0.2) is 0 Å². The third kappa shape index (κ3) is 4.14. The molecule has 0 bridgehead atoms. The minimum Gasteiger partial charge on any atom is -0.323 e. The zero-order chi connectivity index (χ0) is 19.4. The number of amides is 2. The van der Waals surface area contributed by atoms with Gasteiger partial charge in [0.05, 0.1) is 6.04 Å². The molecule has 1 fully saturated rings. The molecule has 4 nitrogen and oxygen atoms in total. The van der Waals surface area contributed by atoms with E-state index in [1.807, 2.05) is 15.9 Å². The van der Waals surface area contributed by atoms with Crippen molar-refractivity contribution in [2.45, 2.75) is 18.9 Å². The molecular formula is C22H28FN3O. The number of likely N-dealkylation sites (N-methyl/N-ethyl adjacent to an activating group) is 1. The second-order valence-corrected chi connectivity index (χ2v) is 7.21. The van der Waals surface area contributed by atoms with E-state index in [9.17, 15) is 9.18 Å². The molecule has 1 aromatic carbocycles. The molecule has 1 atom stereocenters. The number of hydrogen-bond donors (Lipinski definition) is 0. The van der Waals surface area contributed by atoms with E-state index in [2.05, 4.69) is 25.1 Å². The van der Waals surface area contributed by atoms with E-state index in [0.29, 0.717) is 6.54 Å². The van der Waals surface area contributed by atoms with Crippen LogP contribution in [0.15, 0.2) is 60.7 Å². The first kappa shape index (κ1) is 19.4. The Morgan fingerprint density at radius 2 is 1.81 bits per heavy atom. The molecule has 0 saturated carbocycles. The summed E-state index contributed by atoms with van der Waals surface area (Å²) in [5.74, 6) is -0.281. The van der Waals surface area contributed by atoms with E-state index >= 15 is 0 Å². The van der Waals surface area contributed by atoms with Gasteiger partial charge >= 0.3 is 6.03 Å². The molecule has 0 N–H and O–H groups in total. The van der Waals surface area contributed by atoms with Gasteiger partial charge in [0.2, 0.25) is 0 Å². The molecule has 0 spiro atoms. The summed E-state index contributed by atoms with van der Waals surface area (Å²) in [6, 6.07) is 6.18. The van der Waals surface area contributed by atoms with Crippen LogP contribution in [0.3, 0.4) is 0 Å². The Hall–Kier alpha value is -2.40. The summed E-state index contributed by atoms with van der Waals surface area (Å²) in [6.45, 7) is 11.9. The van der Waals surface area contributed by atoms with Crippen LogP contribution >= 0.6 is 0 Å². The van der Waals surface area contributed by atoms with Gasteiger partial charge in [-0.1, -0.05) is 37.4 Å². The van der Waals surface area contributed by atoms with Crippen LogP contribution in [0.25, 0.3) is 0 Å². The highest BCUT2D eigenvalue weighted by Crippen LogP contribution is 2.37. The molecule has 27 heavy (non-hydrogen) atoms. The first-order valence-electron chi connectivity index (χ1n) is 9.52. The van der Waals surface area contributed by atoms with Crippen molar-refractivity contribution in [1.82, 2.24) is 14.7 Å². The Kier molecular flexibility index (Phi) is 6.11. The van der Waals surface area contributed by atoms with Crippen LogP contribution in [0.1, 0.15) is 24.4 Å². The van der Waals surface area contributed by atoms with E-state index in [1.165, 1.54) is 12.1 Å². The van der Waals surface area contributed by atoms with Crippen LogP contribution in [0.2, 0.25) is 0 Å². The predicted octanol–water partition coefficient (Wildman–Crippen LogP) is 4.00. The number of hydrogen-bond acceptors (Lipinski definition) is 2. The maximum Gasteiger partial charge on any atom is 0.320 e. The summed E-state index contributed by atoms with van der Waals surface area (Å²) in [5, 5.41) is 0. The number of rotatable bonds is 3. The minimum absolute atomic E-state index is 0.0436. The fourth-order valence-electron chi connectivity index (χ4n) is 3.95. The number of urea groups is 1. The molecule has 0 aromatic heterocycles. The van der Waals surface area contributed by atoms with Gasteiger partial charge in [0.1, 0.15) is 5.82 Å². The van der Waals surface area contributed by atoms with Crippen molar-refractivity contribution in [3.63, 3.8) is 0 Å². The highest BCUT2D eigenvalue weighted by molar-refractivity contribution is 5.76. The SMILES string of the molecule is C=CC1=C(C=C)[C@H](c2ccc(F)cc2)N(C(=O)N2CCCN(C)CC2)CC1. The lowest BCUT2D eigenvalue weighted by Gasteiger charge is -2.40. The smallest absolute Gasteiger partial charge is 0.320 e. The summed E-state index contributed by atoms with van der Waals surface area (Å²) < 4.78 is 13.5. The molecule has 0 unspecified atom stereocenters. The van der Waals surface area contributed by atoms with E-state index in [-0.39, 0.29) is 17.9 Å². The second-order valence-electron chi connectivity index (χ2n) is 7.21. The lowest BCUT2D eigenvalue weighted by atomic mass is 9.88. The maximum absolute atomic E-state index is 13.5. The fourth-order valence-corrected chi connectivity index (χ4v) is 3.95. The first-order valence-corrected chi connectivity index (χ1v) is 9.52. The predicted molar refractivity (Wildman–Crippen MR) is 107 cm³/mol. The molecule has 1 saturated heterocycles. The number of nitrogens with zero attached hydrogens (tertiary/aromatic N) is 3. The summed E-state index contributed by atoms with van der Waals surface area (Å²) in [7, 11) is 2.09. The van der Waals surface area contributed by atoms with Gasteiger partial charge in [-0.3, -0.25) is 0 Å². The summed E-state index contributed by atoms with van der Waals surface area (Å²) >= 11 is 0. The quantitative estimate of drug-likeness (QED) is 0.805. The Morgan fingerprint density at radius 3 is 2.48 bits per heavy atom. The Bertz CT molecular complexity index is 740. The summed E-state index contributed by atoms with van der Waals surface area (Å²) in [6.07, 6.45) is 5.37. The first-order chi connectivity index (χ1) is 13.0. The fraction of sp³-hybridized carbons (Fsp3) is 0.409. The van der Waals surface area contributed by atoms with Crippen LogP contribution in [0.4, 0.5) is 9.18 Å². The van der Waals surface area contributed by atoms with Gasteiger partial charge in [-0.05, 0) is 55.3 Å². The van der Waals surface area contributed by atoms with E-state index in [0.717, 1.165) is 55.7 Å². The van der Waals surface area contributed by atoms with Crippen LogP contribution in [-0.2, 0) is 0 Å². The highest BCUT2D eigenvalue weighted by Gasteiger charge is 2.34. The van der Waals surface area contributed by atoms with Crippen molar-refractivity contribution < 1.29 is 9.18 Å². The molecule has 0 radical (unpaired) electrons. The van der Waals surface area contributed by atoms with Crippen molar-refractivity contribution in [3.05, 3.63) is 72.1 Å². The molecule has 2 amide bonds. The van der Waals surface area contributed by atoms with Crippen LogP contribution in [-0.4, -0.2) is 60.5 Å². The van der Waals surface area contributed by atoms with Crippen molar-refractivity contribution >= 4 is 6.03 Å². The average Bonchev–Trinajstić information content (AvgIpc) is 2.91. The maximum atomic E-state index is 13.5. The van der Waals surface area contributed by atoms with E-state index in [1.54, 1.807) is 18.2 Å². The topological polar surface area (TPSA) is 26.8 Å². The highest BCUT2D eigenvalue weighted by atomic mass is 19.1. The Morgan fingerprint density at radius 1 is 1.07 bits per heavy atom. The lowest BCUT2D eigenvalue weighted by Crippen LogP contribution is -2.48. The van der Waals surface area contributed by atoms with Gasteiger partial charge in [-0.15, -0.1) is 0 Å². The van der Waals surface area contributed by atoms with Crippen LogP contribution in [0, 0.1) is 5.82 Å². The number of carbonyl (C=O) groups excluding carboxylic acids is 1. The van der Waals surface area contributed by atoms with Crippen LogP contribution < -0.4 is 0 Å². The zero-order valence-electron chi connectivity index (χ0n) is 16.0. The molecule has 5 heteroatoms. The second kappa shape index (κ2) is 8.53. The van der Waals surface area contributed by atoms with Crippen LogP contribution in [0.5, 0.6) is 0 Å². The standard InChI is InChI=1S/C22H28FN3O/c1-4-17-11-14-26(22(27)25-13-6-12-24(3)15-16-25)21(20(17)5-2)18-7-9-19(23)10-8-18/h4-5,7-10,21H,1-2,6,11-16H2,3H3/t21-/m0/s1. The van der Waals surface area contributed by atoms with E-state index < -0.39 is 0 Å². The van der Waals surface area contributed by atoms with Gasteiger partial charge in [0, 0.05) is 26.2 Å². The van der Waals surface area contributed by atoms with Gasteiger partial charge < -0.3 is 14.7 Å². The molecule has 2 heterocycles. The Labute approximate surface area is 161 Å². The van der Waals surface area contributed by atoms with Crippen molar-refractivity contribution in [2.24, 2.45) is 0 Å². The molecular weight excluding hydrogens is 341 g/mol. The van der Waals surface area contributed by atoms with Gasteiger partial charge in [-0.25, -0.2) is 9.18 Å². The molecule has 0 aliphatic carbocycles. The van der Waals surface area contributed by atoms with Gasteiger partial charge in [-0.2, -0.15) is 0 Å². The normalized spacial score (nSPS) is 21.8. The summed E-state index contributed by atoms with van der Waals surface area (Å²) in [5.41, 5.74) is 2.97. The third-order valence-corrected chi connectivity index (χ3v) is 5.49. The Balaban J connectivity index is 1.95. The average molecular weight is 369 g/mol. The van der Waals surface area contributed by atoms with Crippen molar-refractivity contribution in [1.29, 1.82) is 0 Å². The number of benzene rings is 1. The molecule has 2 aliphatic heterocycles. The molecule has 144 valence electrons. The van der Waals surface area contributed by atoms with Crippen molar-refractivity contribution in [2.75, 3.05) is 39.8 Å². The minimum atomic E-state index is -0.281. The number of allylic oxidation sites excluding steroid dienone is 1. The van der Waals surface area contributed by atoms with Crippen molar-refractivity contribution in [3.8, 4) is 0 Å². The zero-order valence-corrected chi connectivity index (χ0v) is 16.0. The third-order valence-electron chi connectivity index (χ3n) is 5.49.